The molecule has 6 aliphatic heterocycles. The van der Waals surface area contributed by atoms with Gasteiger partial charge >= 0.3 is 5.97 Å². The van der Waals surface area contributed by atoms with E-state index in [0.29, 0.717) is 0 Å². The topological polar surface area (TPSA) is 680 Å². The minimum absolute atomic E-state index is 0.813. The van der Waals surface area contributed by atoms with Crippen molar-refractivity contribution in [3.8, 4) is 0 Å². The van der Waals surface area contributed by atoms with Gasteiger partial charge in [0.15, 0.2) is 31.5 Å². The second-order valence-electron chi connectivity index (χ2n) is 23.0. The maximum atomic E-state index is 12.8. The molecule has 0 aromatic rings. The van der Waals surface area contributed by atoms with E-state index in [0.717, 1.165) is 20.8 Å². The Balaban J connectivity index is 1.27. The molecule has 6 rings (SSSR count). The van der Waals surface area contributed by atoms with E-state index >= 15 is 0 Å². The lowest BCUT2D eigenvalue weighted by Gasteiger charge is -2.50. The monoisotopic (exact) mass is 1370 g/mol. The molecule has 35 atom stereocenters. The lowest BCUT2D eigenvalue weighted by molar-refractivity contribution is -0.377. The number of ether oxygens (including phenoxy) is 12. The summed E-state index contributed by atoms with van der Waals surface area (Å²) in [6, 6.07) is -5.39. The molecule has 26 N–H and O–H groups in total. The number of aliphatic hydroxyl groups excluding tert-OH is 22. The standard InChI is InChI=1S/C51H87N3O39/c1-13(61)52-25-16(64)4-51(50(80)81,93-43(25)29(69)18(66)6-56)83-12-24-31(71)36(76)38(78)48(88-24)90-41-22(10-60)86-45(26(34(41)74)53-14(2)62)82-11-23-33(73)44(39(79)49(87-23)89-40(19(67)7-57)28(68)17(65)5-55)92-46-27(54-15(3)63)42(32(72)21(9-59)84-46)91-47-37(77)35(75)30(70)20(8-58)85-47/h16-49,55-60,64-79H,4-12H2,1-3H3,(H,52,61)(H,53,62)(H,54,63)(H,80,81)/t16-,17-,18+,19+,20+,21+,22+,23+,24+,25+,26+,27+,28+,29+,30-,31-,32+,33-,34+,35-,36-,37+,38+,39+,40+,41+,42+,43+,44-,45+,46-,47-,48-,49-,51+/m0/s1. The first-order valence-electron chi connectivity index (χ1n) is 29.2. The largest absolute Gasteiger partial charge is 0.477 e. The number of carboxylic acid groups (broad SMARTS) is 1. The Kier molecular flexibility index (Phi) is 29.0. The molecule has 3 amide bonds. The van der Waals surface area contributed by atoms with Crippen LogP contribution >= 0.6 is 0 Å². The summed E-state index contributed by atoms with van der Waals surface area (Å²) in [7, 11) is 0. The van der Waals surface area contributed by atoms with Gasteiger partial charge in [-0.1, -0.05) is 0 Å². The van der Waals surface area contributed by atoms with E-state index in [4.69, 9.17) is 56.8 Å². The van der Waals surface area contributed by atoms with Gasteiger partial charge in [-0.15, -0.1) is 0 Å². The maximum Gasteiger partial charge on any atom is 0.364 e. The van der Waals surface area contributed by atoms with Gasteiger partial charge in [-0.05, 0) is 0 Å². The number of carboxylic acids is 1. The molecule has 93 heavy (non-hydrogen) atoms. The molecule has 6 saturated heterocycles. The fraction of sp³-hybridized carbons (Fsp3) is 0.922. The van der Waals surface area contributed by atoms with E-state index in [1.54, 1.807) is 0 Å². The molecule has 0 aromatic carbocycles. The van der Waals surface area contributed by atoms with E-state index in [1.165, 1.54) is 0 Å². The van der Waals surface area contributed by atoms with Crippen LogP contribution in [0.3, 0.4) is 0 Å². The Labute approximate surface area is 526 Å². The molecule has 0 radical (unpaired) electrons. The van der Waals surface area contributed by atoms with Crippen molar-refractivity contribution in [2.24, 2.45) is 0 Å². The van der Waals surface area contributed by atoms with Gasteiger partial charge in [0.1, 0.15) is 165 Å². The Morgan fingerprint density at radius 3 is 1.45 bits per heavy atom. The third-order valence-corrected chi connectivity index (χ3v) is 16.3. The van der Waals surface area contributed by atoms with Gasteiger partial charge in [-0.3, -0.25) is 14.4 Å². The van der Waals surface area contributed by atoms with E-state index in [-0.39, 0.29) is 0 Å². The third-order valence-electron chi connectivity index (χ3n) is 16.3. The van der Waals surface area contributed by atoms with Crippen LogP contribution in [0.5, 0.6) is 0 Å². The van der Waals surface area contributed by atoms with E-state index in [9.17, 15) is 137 Å². The fourth-order valence-corrected chi connectivity index (χ4v) is 11.3. The van der Waals surface area contributed by atoms with Crippen molar-refractivity contribution >= 4 is 23.7 Å². The molecule has 6 fully saturated rings. The predicted molar refractivity (Wildman–Crippen MR) is 286 cm³/mol. The van der Waals surface area contributed by atoms with Gasteiger partial charge in [0.2, 0.25) is 17.7 Å². The molecular formula is C51H87N3O39. The smallest absolute Gasteiger partial charge is 0.364 e. The van der Waals surface area contributed by atoms with Gasteiger partial charge in [0.25, 0.3) is 5.79 Å². The zero-order valence-corrected chi connectivity index (χ0v) is 49.8. The van der Waals surface area contributed by atoms with Crippen LogP contribution in [-0.2, 0) is 76.0 Å². The summed E-state index contributed by atoms with van der Waals surface area (Å²) in [6.07, 6.45) is -66.1. The summed E-state index contributed by atoms with van der Waals surface area (Å²) in [5.74, 6) is -7.71. The molecule has 540 valence electrons. The predicted octanol–water partition coefficient (Wildman–Crippen LogP) is -17.0. The molecule has 6 heterocycles. The number of hydrogen-bond acceptors (Lipinski definition) is 38. The fourth-order valence-electron chi connectivity index (χ4n) is 11.3. The number of nitrogens with one attached hydrogen (secondary N) is 3. The molecule has 0 spiro atoms. The summed E-state index contributed by atoms with van der Waals surface area (Å²) in [5.41, 5.74) is 0. The Bertz CT molecular complexity index is 2360. The van der Waals surface area contributed by atoms with Crippen LogP contribution in [-0.4, -0.2) is 408 Å². The average Bonchev–Trinajstić information content (AvgIpc) is 0.803. The van der Waals surface area contributed by atoms with Gasteiger partial charge in [-0.2, -0.15) is 0 Å². The zero-order valence-electron chi connectivity index (χ0n) is 49.8. The summed E-state index contributed by atoms with van der Waals surface area (Å²) in [4.78, 5) is 50.5. The zero-order chi connectivity index (χ0) is 69.4. The first-order valence-corrected chi connectivity index (χ1v) is 29.2. The highest BCUT2D eigenvalue weighted by Crippen LogP contribution is 2.38. The highest BCUT2D eigenvalue weighted by Gasteiger charge is 2.60. The van der Waals surface area contributed by atoms with Crippen LogP contribution in [0.4, 0.5) is 0 Å². The van der Waals surface area contributed by atoms with Crippen LogP contribution in [0.1, 0.15) is 27.2 Å². The van der Waals surface area contributed by atoms with Crippen LogP contribution in [0.25, 0.3) is 0 Å². The normalized spacial score (nSPS) is 43.6. The molecule has 0 aliphatic carbocycles. The van der Waals surface area contributed by atoms with E-state index in [1.807, 2.05) is 0 Å². The van der Waals surface area contributed by atoms with Crippen LogP contribution in [0, 0.1) is 0 Å². The second kappa shape index (κ2) is 34.3. The lowest BCUT2D eigenvalue weighted by atomic mass is 9.88. The number of hydrogen-bond donors (Lipinski definition) is 26. The molecule has 0 bridgehead atoms. The maximum absolute atomic E-state index is 12.8. The minimum atomic E-state index is -3.03. The number of rotatable bonds is 29. The molecule has 42 nitrogen and oxygen atoms in total. The highest BCUT2D eigenvalue weighted by atomic mass is 16.8. The Morgan fingerprint density at radius 2 is 0.914 bits per heavy atom. The summed E-state index contributed by atoms with van der Waals surface area (Å²) >= 11 is 0. The van der Waals surface area contributed by atoms with Crippen LogP contribution in [0.15, 0.2) is 0 Å². The molecule has 42 heteroatoms. The van der Waals surface area contributed by atoms with Gasteiger partial charge in [-0.25, -0.2) is 4.79 Å². The van der Waals surface area contributed by atoms with Crippen molar-refractivity contribution < 1.29 is 193 Å². The number of aliphatic carboxylic acids is 1. The Morgan fingerprint density at radius 1 is 0.462 bits per heavy atom. The first kappa shape index (κ1) is 78.5. The molecule has 0 aromatic heterocycles. The summed E-state index contributed by atoms with van der Waals surface area (Å²) in [6.45, 7) is -6.12. The minimum Gasteiger partial charge on any atom is -0.477 e. The van der Waals surface area contributed by atoms with Crippen molar-refractivity contribution in [3.05, 3.63) is 0 Å². The molecular weight excluding hydrogens is 1280 g/mol. The van der Waals surface area contributed by atoms with Crippen molar-refractivity contribution in [3.63, 3.8) is 0 Å². The number of carbonyl (C=O) groups is 4. The summed E-state index contributed by atoms with van der Waals surface area (Å²) in [5, 5.41) is 254. The van der Waals surface area contributed by atoms with E-state index in [2.05, 4.69) is 16.0 Å². The van der Waals surface area contributed by atoms with Crippen molar-refractivity contribution in [1.82, 2.24) is 16.0 Å². The van der Waals surface area contributed by atoms with Crippen molar-refractivity contribution in [1.29, 1.82) is 0 Å². The average molecular weight is 1370 g/mol. The number of carbonyl (C=O) groups excluding carboxylic acids is 3. The lowest BCUT2D eigenvalue weighted by Crippen LogP contribution is -2.70. The van der Waals surface area contributed by atoms with Crippen molar-refractivity contribution in [2.45, 2.75) is 241 Å². The second-order valence-corrected chi connectivity index (χ2v) is 23.0. The molecule has 6 aliphatic rings. The molecule has 0 unspecified atom stereocenters. The van der Waals surface area contributed by atoms with Gasteiger partial charge < -0.3 is 190 Å². The quantitative estimate of drug-likeness (QED) is 0.0331. The van der Waals surface area contributed by atoms with Crippen LogP contribution < -0.4 is 16.0 Å². The SMILES string of the molecule is CC(=O)N[C@H]1[C@H](OC[C@H]2O[C@@H](O[C@@H]([C@H](O)[C@@H](O)CO)[C@H](O)CO)[C@H](O)[C@@H](O[C@@H]3O[C@H](CO)[C@@H](O)[C@H](O[C@@H]4O[C@H](CO)[C@H](O)[C@H](O)[C@H]4O)[C@H]3NC(C)=O)[C@H]2O)O[C@H](CO)[C@@H](O[C@@H]2O[C@H](CO[C@]3(C(=O)O)C[C@H](O)[C@@H](NC(C)=O)[C@H]([C@H](O)[C@H](O)CO)O3)[C@H](O)[C@H](O)[C@H]2O)[C@@H]1O. The van der Waals surface area contributed by atoms with Gasteiger partial charge in [0, 0.05) is 27.2 Å². The Hall–Kier alpha value is -3.48. The van der Waals surface area contributed by atoms with Gasteiger partial charge in [0.05, 0.1) is 65.0 Å². The first-order chi connectivity index (χ1) is 43.7. The van der Waals surface area contributed by atoms with Crippen LogP contribution in [0.2, 0.25) is 0 Å². The number of amides is 3. The van der Waals surface area contributed by atoms with E-state index < -0.39 is 297 Å². The number of aliphatic hydroxyl groups is 22. The molecule has 0 saturated carbocycles. The highest BCUT2D eigenvalue weighted by molar-refractivity contribution is 5.77. The summed E-state index contributed by atoms with van der Waals surface area (Å²) < 4.78 is 69.2. The van der Waals surface area contributed by atoms with Crippen molar-refractivity contribution in [2.75, 3.05) is 52.9 Å². The third kappa shape index (κ3) is 18.1.